The smallest absolute Gasteiger partial charge is 0.142 e. The molecule has 4 nitrogen and oxygen atoms in total. The Bertz CT molecular complexity index is 911. The van der Waals surface area contributed by atoms with Crippen LogP contribution in [0, 0.1) is 17.7 Å². The molecular weight excluding hydrogens is 315 g/mol. The van der Waals surface area contributed by atoms with E-state index in [9.17, 15) is 4.39 Å². The number of aromatic amines is 1. The molecule has 0 aromatic carbocycles. The van der Waals surface area contributed by atoms with Gasteiger partial charge < -0.3 is 10.3 Å². The zero-order valence-electron chi connectivity index (χ0n) is 14.0. The van der Waals surface area contributed by atoms with Crippen LogP contribution in [0.4, 0.5) is 10.1 Å². The maximum atomic E-state index is 13.6. The molecule has 3 aliphatic carbocycles. The van der Waals surface area contributed by atoms with Gasteiger partial charge in [-0.3, -0.25) is 4.98 Å². The van der Waals surface area contributed by atoms with Crippen LogP contribution in [0.1, 0.15) is 32.1 Å². The van der Waals surface area contributed by atoms with Crippen molar-refractivity contribution in [3.63, 3.8) is 0 Å². The fraction of sp³-hybridized carbons (Fsp3) is 0.400. The number of nitrogens with one attached hydrogen (secondary N) is 2. The molecule has 1 atom stereocenters. The standard InChI is InChI=1S/C20H21FN4/c21-14-8-16-17(11-24-20(16)23-10-14)19-9-15(5-6-22-19)25-18-7-12-1-3-13(18)4-2-12/h5-6,8-13,18H,1-4,7H2,(H,22,25)(H,23,24). The molecule has 0 aliphatic heterocycles. The number of rotatable bonds is 3. The molecule has 3 aromatic rings. The summed E-state index contributed by atoms with van der Waals surface area (Å²) >= 11 is 0. The summed E-state index contributed by atoms with van der Waals surface area (Å²) in [6.45, 7) is 0. The molecule has 3 aliphatic rings. The van der Waals surface area contributed by atoms with Crippen molar-refractivity contribution in [2.45, 2.75) is 38.1 Å². The molecule has 3 heterocycles. The minimum atomic E-state index is -0.333. The number of nitrogens with zero attached hydrogens (tertiary/aromatic N) is 2. The van der Waals surface area contributed by atoms with E-state index in [4.69, 9.17) is 0 Å². The number of pyridine rings is 2. The summed E-state index contributed by atoms with van der Waals surface area (Å²) in [6, 6.07) is 6.18. The van der Waals surface area contributed by atoms with E-state index in [0.29, 0.717) is 11.7 Å². The SMILES string of the molecule is Fc1cnc2[nH]cc(-c3cc(NC4CC5CCC4CC5)ccn3)c2c1. The van der Waals surface area contributed by atoms with Crippen molar-refractivity contribution in [1.82, 2.24) is 15.0 Å². The average Bonchev–Trinajstić information content (AvgIpc) is 3.06. The number of hydrogen-bond acceptors (Lipinski definition) is 3. The van der Waals surface area contributed by atoms with Gasteiger partial charge in [0.25, 0.3) is 0 Å². The van der Waals surface area contributed by atoms with Gasteiger partial charge in [-0.1, -0.05) is 12.8 Å². The second-order valence-corrected chi connectivity index (χ2v) is 7.45. The Morgan fingerprint density at radius 2 is 2.00 bits per heavy atom. The quantitative estimate of drug-likeness (QED) is 0.725. The number of aromatic nitrogens is 3. The fourth-order valence-electron chi connectivity index (χ4n) is 4.63. The third kappa shape index (κ3) is 2.68. The zero-order chi connectivity index (χ0) is 16.8. The summed E-state index contributed by atoms with van der Waals surface area (Å²) in [5, 5.41) is 4.50. The third-order valence-electron chi connectivity index (χ3n) is 5.93. The van der Waals surface area contributed by atoms with Crippen molar-refractivity contribution < 1.29 is 4.39 Å². The van der Waals surface area contributed by atoms with E-state index >= 15 is 0 Å². The van der Waals surface area contributed by atoms with Crippen LogP contribution in [-0.2, 0) is 0 Å². The van der Waals surface area contributed by atoms with Crippen molar-refractivity contribution in [3.05, 3.63) is 42.6 Å². The van der Waals surface area contributed by atoms with E-state index in [1.54, 1.807) is 0 Å². The van der Waals surface area contributed by atoms with E-state index in [2.05, 4.69) is 26.3 Å². The molecule has 5 heteroatoms. The number of anilines is 1. The monoisotopic (exact) mass is 336 g/mol. The Labute approximate surface area is 145 Å². The highest BCUT2D eigenvalue weighted by Crippen LogP contribution is 2.42. The van der Waals surface area contributed by atoms with E-state index < -0.39 is 0 Å². The summed E-state index contributed by atoms with van der Waals surface area (Å²) < 4.78 is 13.6. The minimum Gasteiger partial charge on any atom is -0.382 e. The number of halogens is 1. The molecule has 2 N–H and O–H groups in total. The van der Waals surface area contributed by atoms with Crippen molar-refractivity contribution >= 4 is 16.7 Å². The van der Waals surface area contributed by atoms with Crippen LogP contribution in [0.5, 0.6) is 0 Å². The molecule has 0 radical (unpaired) electrons. The molecule has 3 fully saturated rings. The largest absolute Gasteiger partial charge is 0.382 e. The van der Waals surface area contributed by atoms with Crippen molar-refractivity contribution in [2.75, 3.05) is 5.32 Å². The van der Waals surface area contributed by atoms with Crippen molar-refractivity contribution in [3.8, 4) is 11.3 Å². The highest BCUT2D eigenvalue weighted by atomic mass is 19.1. The molecule has 1 unspecified atom stereocenters. The van der Waals surface area contributed by atoms with Crippen LogP contribution in [0.2, 0.25) is 0 Å². The first kappa shape index (κ1) is 14.9. The highest BCUT2D eigenvalue weighted by molar-refractivity contribution is 5.92. The van der Waals surface area contributed by atoms with Crippen LogP contribution < -0.4 is 5.32 Å². The third-order valence-corrected chi connectivity index (χ3v) is 5.93. The van der Waals surface area contributed by atoms with E-state index in [1.807, 2.05) is 18.5 Å². The van der Waals surface area contributed by atoms with Crippen molar-refractivity contribution in [2.24, 2.45) is 11.8 Å². The lowest BCUT2D eigenvalue weighted by atomic mass is 9.68. The highest BCUT2D eigenvalue weighted by Gasteiger charge is 2.35. The van der Waals surface area contributed by atoms with Gasteiger partial charge >= 0.3 is 0 Å². The molecule has 25 heavy (non-hydrogen) atoms. The summed E-state index contributed by atoms with van der Waals surface area (Å²) in [5.41, 5.74) is 3.50. The summed E-state index contributed by atoms with van der Waals surface area (Å²) in [5.74, 6) is 1.36. The Hall–Kier alpha value is -2.43. The van der Waals surface area contributed by atoms with Gasteiger partial charge in [-0.05, 0) is 49.3 Å². The Kier molecular flexibility index (Phi) is 3.47. The lowest BCUT2D eigenvalue weighted by Crippen LogP contribution is -2.40. The van der Waals surface area contributed by atoms with Crippen LogP contribution in [0.15, 0.2) is 36.8 Å². The summed E-state index contributed by atoms with van der Waals surface area (Å²) in [6.07, 6.45) is 11.7. The second-order valence-electron chi connectivity index (χ2n) is 7.45. The fourth-order valence-corrected chi connectivity index (χ4v) is 4.63. The first-order chi connectivity index (χ1) is 12.3. The van der Waals surface area contributed by atoms with Gasteiger partial charge in [-0.2, -0.15) is 0 Å². The predicted molar refractivity (Wildman–Crippen MR) is 96.8 cm³/mol. The molecule has 0 spiro atoms. The van der Waals surface area contributed by atoms with Crippen LogP contribution >= 0.6 is 0 Å². The average molecular weight is 336 g/mol. The molecule has 2 bridgehead atoms. The van der Waals surface area contributed by atoms with Gasteiger partial charge in [0.1, 0.15) is 11.5 Å². The van der Waals surface area contributed by atoms with Crippen LogP contribution in [0.25, 0.3) is 22.3 Å². The van der Waals surface area contributed by atoms with E-state index in [0.717, 1.165) is 34.2 Å². The Morgan fingerprint density at radius 1 is 1.12 bits per heavy atom. The summed E-state index contributed by atoms with van der Waals surface area (Å²) in [4.78, 5) is 11.7. The molecule has 3 aromatic heterocycles. The minimum absolute atomic E-state index is 0.333. The first-order valence-corrected chi connectivity index (χ1v) is 9.12. The predicted octanol–water partition coefficient (Wildman–Crippen LogP) is 4.75. The first-order valence-electron chi connectivity index (χ1n) is 9.12. The van der Waals surface area contributed by atoms with Gasteiger partial charge in [0.2, 0.25) is 0 Å². The topological polar surface area (TPSA) is 53.6 Å². The van der Waals surface area contributed by atoms with Crippen LogP contribution in [0.3, 0.4) is 0 Å². The maximum absolute atomic E-state index is 13.6. The number of fused-ring (bicyclic) bond motifs is 4. The van der Waals surface area contributed by atoms with Gasteiger partial charge in [0, 0.05) is 35.1 Å². The maximum Gasteiger partial charge on any atom is 0.142 e. The lowest BCUT2D eigenvalue weighted by Gasteiger charge is -2.43. The number of hydrogen-bond donors (Lipinski definition) is 2. The second kappa shape index (κ2) is 5.83. The van der Waals surface area contributed by atoms with E-state index in [-0.39, 0.29) is 5.82 Å². The van der Waals surface area contributed by atoms with Gasteiger partial charge in [-0.25, -0.2) is 9.37 Å². The Morgan fingerprint density at radius 3 is 2.80 bits per heavy atom. The van der Waals surface area contributed by atoms with Gasteiger partial charge in [0.15, 0.2) is 0 Å². The van der Waals surface area contributed by atoms with Crippen molar-refractivity contribution in [1.29, 1.82) is 0 Å². The molecule has 3 saturated carbocycles. The van der Waals surface area contributed by atoms with Gasteiger partial charge in [-0.15, -0.1) is 0 Å². The van der Waals surface area contributed by atoms with Crippen LogP contribution in [-0.4, -0.2) is 21.0 Å². The molecule has 6 rings (SSSR count). The molecule has 0 saturated heterocycles. The Balaban J connectivity index is 1.45. The summed E-state index contributed by atoms with van der Waals surface area (Å²) in [7, 11) is 0. The molecule has 128 valence electrons. The molecular formula is C20H21FN4. The lowest BCUT2D eigenvalue weighted by molar-refractivity contribution is 0.157. The van der Waals surface area contributed by atoms with E-state index in [1.165, 1.54) is 44.4 Å². The molecule has 0 amide bonds. The zero-order valence-corrected chi connectivity index (χ0v) is 14.0. The normalized spacial score (nSPS) is 25.4. The number of H-pyrrole nitrogens is 1. The van der Waals surface area contributed by atoms with Gasteiger partial charge in [0.05, 0.1) is 11.9 Å².